The van der Waals surface area contributed by atoms with Crippen molar-refractivity contribution in [1.29, 1.82) is 0 Å². The first-order valence-corrected chi connectivity index (χ1v) is 9.20. The maximum atomic E-state index is 12.2. The lowest BCUT2D eigenvalue weighted by atomic mass is 10.1. The Morgan fingerprint density at radius 3 is 2.83 bits per heavy atom. The van der Waals surface area contributed by atoms with E-state index in [9.17, 15) is 14.7 Å². The Balaban J connectivity index is 1.62. The maximum Gasteiger partial charge on any atom is 0.330 e. The summed E-state index contributed by atoms with van der Waals surface area (Å²) in [5, 5.41) is 20.7. The van der Waals surface area contributed by atoms with Crippen LogP contribution in [0.1, 0.15) is 35.6 Å². The number of ether oxygens (including phenoxy) is 1. The molecular formula is C18H22N7O4+. The van der Waals surface area contributed by atoms with E-state index < -0.39 is 23.6 Å². The van der Waals surface area contributed by atoms with Crippen LogP contribution >= 0.6 is 0 Å². The number of nitrogens with one attached hydrogen (secondary N) is 2. The molecule has 2 aromatic heterocycles. The summed E-state index contributed by atoms with van der Waals surface area (Å²) in [6, 6.07) is 7.14. The summed E-state index contributed by atoms with van der Waals surface area (Å²) in [6.45, 7) is 1.37. The number of anilines is 1. The van der Waals surface area contributed by atoms with Gasteiger partial charge in [0.1, 0.15) is 23.5 Å². The van der Waals surface area contributed by atoms with Gasteiger partial charge in [-0.3, -0.25) is 14.3 Å². The number of aryl methyl sites for hydroxylation is 1. The Bertz CT molecular complexity index is 1120. The normalized spacial score (nSPS) is 21.5. The van der Waals surface area contributed by atoms with Crippen molar-refractivity contribution < 1.29 is 14.5 Å². The summed E-state index contributed by atoms with van der Waals surface area (Å²) in [7, 11) is 0. The number of nitrogen functional groups attached to an aromatic ring is 1. The Morgan fingerprint density at radius 1 is 1.34 bits per heavy atom. The minimum Gasteiger partial charge on any atom is -0.399 e. The first-order chi connectivity index (χ1) is 14.0. The summed E-state index contributed by atoms with van der Waals surface area (Å²) in [6.07, 6.45) is 1.15. The number of rotatable bonds is 5. The molecule has 29 heavy (non-hydrogen) atoms. The first kappa shape index (κ1) is 19.0. The van der Waals surface area contributed by atoms with Gasteiger partial charge in [0.2, 0.25) is 0 Å². The van der Waals surface area contributed by atoms with Gasteiger partial charge in [-0.1, -0.05) is 17.3 Å². The molecule has 152 valence electrons. The van der Waals surface area contributed by atoms with Crippen LogP contribution in [0.3, 0.4) is 0 Å². The Hall–Kier alpha value is -3.31. The highest BCUT2D eigenvalue weighted by Crippen LogP contribution is 2.32. The van der Waals surface area contributed by atoms with Gasteiger partial charge in [0.15, 0.2) is 5.21 Å². The van der Waals surface area contributed by atoms with Crippen molar-refractivity contribution in [2.45, 2.75) is 38.1 Å². The van der Waals surface area contributed by atoms with E-state index >= 15 is 0 Å². The molecule has 0 unspecified atom stereocenters. The minimum atomic E-state index is -0.639. The standard InChI is InChI=1S/C18H21N7O4/c1-10-8-24(18(28)20-17(10)27)16-7-13(14(9-26)29-16)25-15(21-22-23-25)6-11-2-4-12(19)5-3-11/h2-5,8,13-14,16,26H,6-7,9,19H2,1H3,(H,20,27,28)/p+1/t13-,14+,16+/m0/s1. The topological polar surface area (TPSA) is 156 Å². The molecule has 1 aliphatic rings. The third-order valence-corrected chi connectivity index (χ3v) is 5.11. The second kappa shape index (κ2) is 7.60. The molecule has 0 radical (unpaired) electrons. The zero-order valence-corrected chi connectivity index (χ0v) is 15.8. The monoisotopic (exact) mass is 400 g/mol. The lowest BCUT2D eigenvalue weighted by Gasteiger charge is -2.14. The molecule has 4 rings (SSSR count). The molecule has 1 aromatic carbocycles. The van der Waals surface area contributed by atoms with Crippen LogP contribution in [0, 0.1) is 6.92 Å². The quantitative estimate of drug-likeness (QED) is 0.314. The number of aliphatic hydroxyl groups excluding tert-OH is 1. The Kier molecular flexibility index (Phi) is 4.99. The summed E-state index contributed by atoms with van der Waals surface area (Å²) < 4.78 is 9.00. The molecule has 1 saturated heterocycles. The Morgan fingerprint density at radius 2 is 2.10 bits per heavy atom. The lowest BCUT2D eigenvalue weighted by molar-refractivity contribution is -0.786. The number of hydrogen-bond donors (Lipinski definition) is 4. The number of aromatic amines is 2. The molecule has 11 nitrogen and oxygen atoms in total. The summed E-state index contributed by atoms with van der Waals surface area (Å²) >= 11 is 0. The van der Waals surface area contributed by atoms with E-state index in [-0.39, 0.29) is 12.6 Å². The van der Waals surface area contributed by atoms with Crippen LogP contribution in [0.2, 0.25) is 0 Å². The van der Waals surface area contributed by atoms with Crippen molar-refractivity contribution >= 4 is 5.69 Å². The fourth-order valence-electron chi connectivity index (χ4n) is 3.56. The van der Waals surface area contributed by atoms with Crippen LogP contribution in [0.4, 0.5) is 5.69 Å². The largest absolute Gasteiger partial charge is 0.399 e. The van der Waals surface area contributed by atoms with Crippen LogP contribution in [0.15, 0.2) is 40.1 Å². The molecule has 0 aliphatic carbocycles. The smallest absolute Gasteiger partial charge is 0.330 e. The number of nitrogens with zero attached hydrogens (tertiary/aromatic N) is 4. The fourth-order valence-corrected chi connectivity index (χ4v) is 3.56. The second-order valence-electron chi connectivity index (χ2n) is 7.10. The van der Waals surface area contributed by atoms with E-state index in [1.54, 1.807) is 11.6 Å². The van der Waals surface area contributed by atoms with Gasteiger partial charge in [-0.2, -0.15) is 4.68 Å². The molecule has 1 aliphatic heterocycles. The zero-order chi connectivity index (χ0) is 20.5. The van der Waals surface area contributed by atoms with Crippen molar-refractivity contribution in [2.75, 3.05) is 12.3 Å². The summed E-state index contributed by atoms with van der Waals surface area (Å²) in [4.78, 5) is 26.1. The van der Waals surface area contributed by atoms with Crippen molar-refractivity contribution in [3.8, 4) is 0 Å². The molecule has 3 heterocycles. The summed E-state index contributed by atoms with van der Waals surface area (Å²) in [5.74, 6) is 0.660. The summed E-state index contributed by atoms with van der Waals surface area (Å²) in [5.41, 5.74) is 6.83. The molecular weight excluding hydrogens is 378 g/mol. The van der Waals surface area contributed by atoms with Gasteiger partial charge in [-0.15, -0.1) is 0 Å². The van der Waals surface area contributed by atoms with Crippen LogP contribution in [0.25, 0.3) is 0 Å². The molecule has 0 bridgehead atoms. The average Bonchev–Trinajstić information content (AvgIpc) is 3.32. The van der Waals surface area contributed by atoms with E-state index in [4.69, 9.17) is 10.5 Å². The molecule has 0 saturated carbocycles. The van der Waals surface area contributed by atoms with Gasteiger partial charge in [-0.05, 0) is 24.6 Å². The van der Waals surface area contributed by atoms with Crippen LogP contribution in [-0.2, 0) is 11.2 Å². The van der Waals surface area contributed by atoms with Gasteiger partial charge < -0.3 is 15.6 Å². The number of aliphatic hydroxyl groups is 1. The number of tetrazole rings is 1. The Labute approximate surface area is 164 Å². The van der Waals surface area contributed by atoms with E-state index in [0.29, 0.717) is 29.9 Å². The van der Waals surface area contributed by atoms with Gasteiger partial charge >= 0.3 is 11.5 Å². The predicted octanol–water partition coefficient (Wildman–Crippen LogP) is -1.06. The van der Waals surface area contributed by atoms with E-state index in [0.717, 1.165) is 5.56 Å². The van der Waals surface area contributed by atoms with Gasteiger partial charge in [-0.25, -0.2) is 4.79 Å². The number of hydrogen-bond acceptors (Lipinski definition) is 7. The molecule has 0 spiro atoms. The SMILES string of the molecule is Cc1cn([C@H]2C[C@H]([n+]3[nH]nnc3Cc3ccc(N)cc3)[C@@H](CO)O2)c(=O)[nH]c1=O. The van der Waals surface area contributed by atoms with Crippen molar-refractivity contribution in [3.63, 3.8) is 0 Å². The lowest BCUT2D eigenvalue weighted by Crippen LogP contribution is -2.49. The van der Waals surface area contributed by atoms with E-state index in [1.165, 1.54) is 10.8 Å². The van der Waals surface area contributed by atoms with Gasteiger partial charge in [0.25, 0.3) is 5.56 Å². The molecule has 1 fully saturated rings. The molecule has 3 atom stereocenters. The number of aromatic nitrogens is 6. The van der Waals surface area contributed by atoms with Crippen LogP contribution in [0.5, 0.6) is 0 Å². The van der Waals surface area contributed by atoms with Gasteiger partial charge in [0, 0.05) is 23.9 Å². The number of benzene rings is 1. The molecule has 3 aromatic rings. The molecule has 11 heteroatoms. The highest BCUT2D eigenvalue weighted by molar-refractivity contribution is 5.39. The fraction of sp³-hybridized carbons (Fsp3) is 0.389. The highest BCUT2D eigenvalue weighted by Gasteiger charge is 2.42. The highest BCUT2D eigenvalue weighted by atomic mass is 16.5. The second-order valence-corrected chi connectivity index (χ2v) is 7.10. The van der Waals surface area contributed by atoms with Crippen molar-refractivity contribution in [1.82, 2.24) is 25.1 Å². The predicted molar refractivity (Wildman–Crippen MR) is 101 cm³/mol. The van der Waals surface area contributed by atoms with Crippen LogP contribution < -0.4 is 21.7 Å². The van der Waals surface area contributed by atoms with E-state index in [1.807, 2.05) is 24.3 Å². The zero-order valence-electron chi connectivity index (χ0n) is 15.8. The third kappa shape index (κ3) is 3.69. The van der Waals surface area contributed by atoms with Crippen LogP contribution in [-0.4, -0.2) is 42.9 Å². The molecule has 5 N–H and O–H groups in total. The third-order valence-electron chi connectivity index (χ3n) is 5.11. The first-order valence-electron chi connectivity index (χ1n) is 9.20. The maximum absolute atomic E-state index is 12.2. The van der Waals surface area contributed by atoms with Crippen molar-refractivity contribution in [3.05, 3.63) is 68.3 Å². The number of H-pyrrole nitrogens is 2. The minimum absolute atomic E-state index is 0.244. The average molecular weight is 400 g/mol. The van der Waals surface area contributed by atoms with Gasteiger partial charge in [0.05, 0.1) is 13.0 Å². The van der Waals surface area contributed by atoms with E-state index in [2.05, 4.69) is 20.5 Å². The molecule has 0 amide bonds. The number of nitrogens with two attached hydrogens (primary N) is 1. The van der Waals surface area contributed by atoms with Crippen molar-refractivity contribution in [2.24, 2.45) is 0 Å².